The molecule has 1 aliphatic rings. The maximum atomic E-state index is 13.3. The van der Waals surface area contributed by atoms with Crippen LogP contribution in [0.15, 0.2) is 36.5 Å². The number of urea groups is 1. The monoisotopic (exact) mass is 458 g/mol. The molecule has 8 nitrogen and oxygen atoms in total. The van der Waals surface area contributed by atoms with E-state index in [0.717, 1.165) is 11.3 Å². The molecule has 9 heteroatoms. The van der Waals surface area contributed by atoms with Crippen molar-refractivity contribution in [1.29, 1.82) is 0 Å². The average molecular weight is 459 g/mol. The van der Waals surface area contributed by atoms with Gasteiger partial charge in [-0.25, -0.2) is 14.0 Å². The van der Waals surface area contributed by atoms with Gasteiger partial charge in [0.1, 0.15) is 23.3 Å². The maximum Gasteiger partial charge on any atom is 0.410 e. The van der Waals surface area contributed by atoms with Crippen LogP contribution >= 0.6 is 0 Å². The average Bonchev–Trinajstić information content (AvgIpc) is 2.75. The molecule has 33 heavy (non-hydrogen) atoms. The lowest BCUT2D eigenvalue weighted by atomic mass is 10.1. The summed E-state index contributed by atoms with van der Waals surface area (Å²) in [5.74, 6) is 0.0377. The van der Waals surface area contributed by atoms with Gasteiger partial charge in [0, 0.05) is 24.7 Å². The summed E-state index contributed by atoms with van der Waals surface area (Å²) in [6.45, 7) is 8.57. The number of fused-ring (bicyclic) bond motifs is 1. The first-order chi connectivity index (χ1) is 15.6. The second kappa shape index (κ2) is 10.5. The second-order valence-corrected chi connectivity index (χ2v) is 8.92. The summed E-state index contributed by atoms with van der Waals surface area (Å²) in [6, 6.07) is 7.31. The molecule has 2 N–H and O–H groups in total. The Kier molecular flexibility index (Phi) is 7.73. The van der Waals surface area contributed by atoms with E-state index < -0.39 is 11.6 Å². The first kappa shape index (κ1) is 24.3. The van der Waals surface area contributed by atoms with Gasteiger partial charge in [-0.1, -0.05) is 13.0 Å². The Bertz CT molecular complexity index is 993. The van der Waals surface area contributed by atoms with Crippen molar-refractivity contribution < 1.29 is 23.5 Å². The third kappa shape index (κ3) is 7.34. The van der Waals surface area contributed by atoms with E-state index >= 15 is 0 Å². The number of hydrogen-bond donors (Lipinski definition) is 2. The van der Waals surface area contributed by atoms with E-state index in [9.17, 15) is 14.0 Å². The zero-order valence-corrected chi connectivity index (χ0v) is 19.5. The minimum absolute atomic E-state index is 0.254. The van der Waals surface area contributed by atoms with Gasteiger partial charge in [-0.2, -0.15) is 0 Å². The summed E-state index contributed by atoms with van der Waals surface area (Å²) in [5, 5.41) is 5.53. The minimum atomic E-state index is -0.564. The van der Waals surface area contributed by atoms with E-state index in [-0.39, 0.29) is 24.6 Å². The Hall–Kier alpha value is -3.36. The number of nitrogens with zero attached hydrogens (tertiary/aromatic N) is 2. The van der Waals surface area contributed by atoms with E-state index in [0.29, 0.717) is 37.4 Å². The second-order valence-electron chi connectivity index (χ2n) is 8.92. The van der Waals surface area contributed by atoms with Gasteiger partial charge in [-0.15, -0.1) is 0 Å². The van der Waals surface area contributed by atoms with Crippen LogP contribution in [0.25, 0.3) is 0 Å². The molecule has 0 fully saturated rings. The highest BCUT2D eigenvalue weighted by atomic mass is 19.1. The molecule has 1 unspecified atom stereocenters. The minimum Gasteiger partial charge on any atom is -0.489 e. The smallest absolute Gasteiger partial charge is 0.410 e. The number of anilines is 1. The number of rotatable bonds is 6. The predicted molar refractivity (Wildman–Crippen MR) is 123 cm³/mol. The Balaban J connectivity index is 1.54. The Morgan fingerprint density at radius 1 is 1.27 bits per heavy atom. The number of amides is 3. The molecule has 0 saturated carbocycles. The summed E-state index contributed by atoms with van der Waals surface area (Å²) in [4.78, 5) is 30.8. The highest BCUT2D eigenvalue weighted by Crippen LogP contribution is 2.22. The number of ether oxygens (including phenoxy) is 2. The molecule has 1 aromatic carbocycles. The SMILES string of the molecule is CCC(CNC(=O)Nc1cnc2c(c1)CN(C(=O)OC(C)(C)C)CC2)Oc1cccc(F)c1. The number of benzene rings is 1. The molecule has 2 aromatic rings. The molecule has 178 valence electrons. The Morgan fingerprint density at radius 2 is 2.06 bits per heavy atom. The number of halogens is 1. The summed E-state index contributed by atoms with van der Waals surface area (Å²) >= 11 is 0. The topological polar surface area (TPSA) is 92.8 Å². The van der Waals surface area contributed by atoms with Crippen molar-refractivity contribution in [2.45, 2.75) is 58.8 Å². The van der Waals surface area contributed by atoms with Gasteiger partial charge in [-0.05, 0) is 51.0 Å². The lowest BCUT2D eigenvalue weighted by Crippen LogP contribution is -2.40. The van der Waals surface area contributed by atoms with E-state index in [1.807, 2.05) is 33.8 Å². The van der Waals surface area contributed by atoms with Gasteiger partial charge in [0.05, 0.1) is 25.0 Å². The van der Waals surface area contributed by atoms with Crippen LogP contribution < -0.4 is 15.4 Å². The van der Waals surface area contributed by atoms with Crippen molar-refractivity contribution >= 4 is 17.8 Å². The number of hydrogen-bond acceptors (Lipinski definition) is 5. The zero-order chi connectivity index (χ0) is 24.0. The summed E-state index contributed by atoms with van der Waals surface area (Å²) in [6.07, 6.45) is 2.19. The largest absolute Gasteiger partial charge is 0.489 e. The molecular weight excluding hydrogens is 427 g/mol. The summed E-state index contributed by atoms with van der Waals surface area (Å²) in [5.41, 5.74) is 1.73. The first-order valence-corrected chi connectivity index (χ1v) is 11.1. The molecule has 3 amide bonds. The highest BCUT2D eigenvalue weighted by Gasteiger charge is 2.26. The van der Waals surface area contributed by atoms with Gasteiger partial charge in [-0.3, -0.25) is 4.98 Å². The van der Waals surface area contributed by atoms with Crippen LogP contribution in [0.1, 0.15) is 45.4 Å². The zero-order valence-electron chi connectivity index (χ0n) is 19.5. The van der Waals surface area contributed by atoms with Crippen molar-refractivity contribution in [3.8, 4) is 5.75 Å². The molecule has 3 rings (SSSR count). The van der Waals surface area contributed by atoms with Crippen LogP contribution in [0.2, 0.25) is 0 Å². The van der Waals surface area contributed by atoms with Crippen molar-refractivity contribution in [2.75, 3.05) is 18.4 Å². The molecule has 1 aliphatic heterocycles. The van der Waals surface area contributed by atoms with E-state index in [1.165, 1.54) is 12.1 Å². The van der Waals surface area contributed by atoms with Gasteiger partial charge >= 0.3 is 12.1 Å². The number of carbonyl (C=O) groups excluding carboxylic acids is 2. The van der Waals surface area contributed by atoms with Crippen molar-refractivity contribution in [3.63, 3.8) is 0 Å². The van der Waals surface area contributed by atoms with E-state index in [2.05, 4.69) is 15.6 Å². The van der Waals surface area contributed by atoms with Crippen LogP contribution in [-0.2, 0) is 17.7 Å². The third-order valence-electron chi connectivity index (χ3n) is 4.99. The molecular formula is C24H31FN4O4. The molecule has 0 aliphatic carbocycles. The first-order valence-electron chi connectivity index (χ1n) is 11.1. The Labute approximate surface area is 193 Å². The van der Waals surface area contributed by atoms with Gasteiger partial charge in [0.15, 0.2) is 0 Å². The molecule has 0 spiro atoms. The molecule has 1 atom stereocenters. The molecule has 1 aromatic heterocycles. The van der Waals surface area contributed by atoms with Crippen molar-refractivity contribution in [2.24, 2.45) is 0 Å². The number of pyridine rings is 1. The maximum absolute atomic E-state index is 13.3. The third-order valence-corrected chi connectivity index (χ3v) is 4.99. The highest BCUT2D eigenvalue weighted by molar-refractivity contribution is 5.89. The quantitative estimate of drug-likeness (QED) is 0.665. The van der Waals surface area contributed by atoms with Crippen LogP contribution in [0, 0.1) is 5.82 Å². The fourth-order valence-electron chi connectivity index (χ4n) is 3.36. The van der Waals surface area contributed by atoms with Gasteiger partial charge in [0.25, 0.3) is 0 Å². The molecule has 0 bridgehead atoms. The fraction of sp³-hybridized carbons (Fsp3) is 0.458. The number of aromatic nitrogens is 1. The van der Waals surface area contributed by atoms with Crippen LogP contribution in [0.5, 0.6) is 5.75 Å². The van der Waals surface area contributed by atoms with Gasteiger partial charge in [0.2, 0.25) is 0 Å². The van der Waals surface area contributed by atoms with Crippen LogP contribution in [0.3, 0.4) is 0 Å². The molecule has 0 saturated heterocycles. The van der Waals surface area contributed by atoms with Gasteiger partial charge < -0.3 is 25.0 Å². The van der Waals surface area contributed by atoms with Crippen LogP contribution in [-0.4, -0.2) is 46.8 Å². The summed E-state index contributed by atoms with van der Waals surface area (Å²) in [7, 11) is 0. The van der Waals surface area contributed by atoms with Crippen molar-refractivity contribution in [1.82, 2.24) is 15.2 Å². The fourth-order valence-corrected chi connectivity index (χ4v) is 3.36. The Morgan fingerprint density at radius 3 is 2.76 bits per heavy atom. The molecule has 0 radical (unpaired) electrons. The standard InChI is InChI=1S/C24H31FN4O4/c1-5-19(32-20-8-6-7-17(25)12-20)14-27-22(30)28-18-11-16-15-29(10-9-21(16)26-13-18)23(31)33-24(2,3)4/h6-8,11-13,19H,5,9-10,14-15H2,1-4H3,(H2,27,28,30). The van der Waals surface area contributed by atoms with E-state index in [1.54, 1.807) is 23.2 Å². The van der Waals surface area contributed by atoms with Crippen molar-refractivity contribution in [3.05, 3.63) is 53.6 Å². The lowest BCUT2D eigenvalue weighted by molar-refractivity contribution is 0.0222. The normalized spacial score (nSPS) is 14.2. The summed E-state index contributed by atoms with van der Waals surface area (Å²) < 4.78 is 24.5. The number of nitrogens with one attached hydrogen (secondary N) is 2. The number of carbonyl (C=O) groups is 2. The predicted octanol–water partition coefficient (Wildman–Crippen LogP) is 4.49. The van der Waals surface area contributed by atoms with E-state index in [4.69, 9.17) is 9.47 Å². The van der Waals surface area contributed by atoms with Crippen LogP contribution in [0.4, 0.5) is 19.7 Å². The molecule has 2 heterocycles. The lowest BCUT2D eigenvalue weighted by Gasteiger charge is -2.31.